The average Bonchev–Trinajstić information content (AvgIpc) is 2.25. The van der Waals surface area contributed by atoms with E-state index in [4.69, 9.17) is 11.0 Å². The van der Waals surface area contributed by atoms with Gasteiger partial charge in [-0.3, -0.25) is 0 Å². The van der Waals surface area contributed by atoms with Crippen LogP contribution in [0.1, 0.15) is 29.2 Å². The van der Waals surface area contributed by atoms with Crippen molar-refractivity contribution in [2.75, 3.05) is 0 Å². The highest BCUT2D eigenvalue weighted by Crippen LogP contribution is 2.40. The van der Waals surface area contributed by atoms with E-state index in [2.05, 4.69) is 0 Å². The minimum absolute atomic E-state index is 0. The number of nitriles is 1. The highest BCUT2D eigenvalue weighted by molar-refractivity contribution is 5.85. The third-order valence-corrected chi connectivity index (χ3v) is 2.44. The molecule has 0 saturated heterocycles. The fraction of sp³-hybridized carbons (Fsp3) is 0.364. The number of benzene rings is 1. The number of hydrogen-bond donors (Lipinski definition) is 1. The van der Waals surface area contributed by atoms with Crippen LogP contribution >= 0.6 is 12.4 Å². The lowest BCUT2D eigenvalue weighted by molar-refractivity contribution is -0.144. The molecule has 2 N–H and O–H groups in total. The van der Waals surface area contributed by atoms with Crippen LogP contribution in [-0.4, -0.2) is 0 Å². The summed E-state index contributed by atoms with van der Waals surface area (Å²) in [5.74, 6) is -1.74. The van der Waals surface area contributed by atoms with E-state index in [0.717, 1.165) is 0 Å². The molecule has 0 spiro atoms. The quantitative estimate of drug-likeness (QED) is 0.823. The number of rotatable bonds is 2. The van der Waals surface area contributed by atoms with Crippen molar-refractivity contribution in [1.82, 2.24) is 0 Å². The first-order valence-electron chi connectivity index (χ1n) is 5.08. The van der Waals surface area contributed by atoms with E-state index in [1.165, 1.54) is 6.07 Å². The molecule has 0 aliphatic heterocycles. The molecule has 0 amide bonds. The number of nitrogens with zero attached hydrogens (tertiary/aromatic N) is 1. The third-order valence-electron chi connectivity index (χ3n) is 2.44. The smallest absolute Gasteiger partial charge is 0.323 e. The van der Waals surface area contributed by atoms with Gasteiger partial charge in [0.2, 0.25) is 0 Å². The van der Waals surface area contributed by atoms with E-state index >= 15 is 0 Å². The van der Waals surface area contributed by atoms with E-state index in [-0.39, 0.29) is 24.5 Å². The minimum atomic E-state index is -5.22. The Bertz CT molecular complexity index is 545. The molecule has 21 heavy (non-hydrogen) atoms. The topological polar surface area (TPSA) is 49.8 Å². The van der Waals surface area contributed by atoms with Gasteiger partial charge in [-0.15, -0.1) is 12.4 Å². The van der Waals surface area contributed by atoms with Gasteiger partial charge in [0.25, 0.3) is 0 Å². The molecule has 1 aromatic rings. The summed E-state index contributed by atoms with van der Waals surface area (Å²) in [6, 6.07) is -0.513. The summed E-state index contributed by atoms with van der Waals surface area (Å²) < 4.78 is 88.9. The molecule has 0 aromatic heterocycles. The van der Waals surface area contributed by atoms with Gasteiger partial charge in [-0.25, -0.2) is 4.39 Å². The van der Waals surface area contributed by atoms with Crippen LogP contribution in [0.5, 0.6) is 0 Å². The highest BCUT2D eigenvalue weighted by Gasteiger charge is 2.40. The molecule has 0 unspecified atom stereocenters. The second kappa shape index (κ2) is 6.49. The van der Waals surface area contributed by atoms with Gasteiger partial charge < -0.3 is 5.73 Å². The van der Waals surface area contributed by atoms with Crippen molar-refractivity contribution < 1.29 is 30.7 Å². The Labute approximate surface area is 120 Å². The van der Waals surface area contributed by atoms with Crippen molar-refractivity contribution in [2.24, 2.45) is 5.73 Å². The number of nitrogens with two attached hydrogens (primary N) is 1. The van der Waals surface area contributed by atoms with Crippen LogP contribution in [0.15, 0.2) is 12.1 Å². The van der Waals surface area contributed by atoms with Crippen molar-refractivity contribution in [1.29, 1.82) is 5.26 Å². The Morgan fingerprint density at radius 1 is 1.10 bits per heavy atom. The Morgan fingerprint density at radius 2 is 1.62 bits per heavy atom. The molecular formula is C11H8ClF7N2. The van der Waals surface area contributed by atoms with Gasteiger partial charge in [0, 0.05) is 11.6 Å². The summed E-state index contributed by atoms with van der Waals surface area (Å²) in [6.07, 6.45) is -11.0. The van der Waals surface area contributed by atoms with E-state index in [1.54, 1.807) is 0 Å². The highest BCUT2D eigenvalue weighted by atomic mass is 35.5. The zero-order valence-electron chi connectivity index (χ0n) is 10.0. The summed E-state index contributed by atoms with van der Waals surface area (Å²) in [5.41, 5.74) is 0.478. The predicted molar refractivity (Wildman–Crippen MR) is 60.8 cm³/mol. The first-order valence-corrected chi connectivity index (χ1v) is 5.08. The molecule has 10 heteroatoms. The summed E-state index contributed by atoms with van der Waals surface area (Å²) in [5, 5.41) is 8.35. The Hall–Kier alpha value is -1.53. The first kappa shape index (κ1) is 19.5. The van der Waals surface area contributed by atoms with Crippen molar-refractivity contribution in [3.8, 4) is 6.07 Å². The lowest BCUT2D eigenvalue weighted by Gasteiger charge is -2.19. The zero-order chi connectivity index (χ0) is 15.7. The standard InChI is InChI=1S/C11H7F7N2.ClH/c12-7-4-5(10(13,14)15)3-6(11(16,17)18)9(7)8(20)1-2-19;/h3-4,8H,1,20H2;1H/t8-;/m1./s1. The lowest BCUT2D eigenvalue weighted by atomic mass is 9.95. The van der Waals surface area contributed by atoms with Crippen molar-refractivity contribution in [3.05, 3.63) is 34.6 Å². The zero-order valence-corrected chi connectivity index (χ0v) is 10.8. The monoisotopic (exact) mass is 336 g/mol. The molecule has 0 aliphatic rings. The van der Waals surface area contributed by atoms with E-state index in [0.29, 0.717) is 0 Å². The van der Waals surface area contributed by atoms with Crippen LogP contribution in [0.4, 0.5) is 30.7 Å². The Kier molecular flexibility index (Phi) is 6.02. The average molecular weight is 337 g/mol. The number of halogens is 8. The summed E-state index contributed by atoms with van der Waals surface area (Å²) in [4.78, 5) is 0. The fourth-order valence-corrected chi connectivity index (χ4v) is 1.59. The van der Waals surface area contributed by atoms with Gasteiger partial charge in [-0.1, -0.05) is 0 Å². The molecule has 1 rings (SSSR count). The predicted octanol–water partition coefficient (Wildman–Crippen LogP) is 4.20. The van der Waals surface area contributed by atoms with Crippen LogP contribution < -0.4 is 5.73 Å². The molecule has 0 aliphatic carbocycles. The van der Waals surface area contributed by atoms with Crippen molar-refractivity contribution in [3.63, 3.8) is 0 Å². The third kappa shape index (κ3) is 4.47. The van der Waals surface area contributed by atoms with Crippen LogP contribution in [0.3, 0.4) is 0 Å². The molecule has 0 heterocycles. The van der Waals surface area contributed by atoms with Gasteiger partial charge in [-0.2, -0.15) is 31.6 Å². The second-order valence-corrected chi connectivity index (χ2v) is 3.88. The molecule has 0 bridgehead atoms. The lowest BCUT2D eigenvalue weighted by Crippen LogP contribution is -2.21. The van der Waals surface area contributed by atoms with Crippen LogP contribution in [0.2, 0.25) is 0 Å². The SMILES string of the molecule is Cl.N#CC[C@@H](N)c1c(F)cc(C(F)(F)F)cc1C(F)(F)F. The molecule has 1 aromatic carbocycles. The molecule has 118 valence electrons. The van der Waals surface area contributed by atoms with E-state index in [1.807, 2.05) is 0 Å². The largest absolute Gasteiger partial charge is 0.416 e. The van der Waals surface area contributed by atoms with Gasteiger partial charge >= 0.3 is 12.4 Å². The van der Waals surface area contributed by atoms with E-state index in [9.17, 15) is 30.7 Å². The van der Waals surface area contributed by atoms with Gasteiger partial charge in [0.15, 0.2) is 0 Å². The molecule has 0 radical (unpaired) electrons. The van der Waals surface area contributed by atoms with Crippen LogP contribution in [0, 0.1) is 17.1 Å². The molecule has 1 atom stereocenters. The maximum atomic E-state index is 13.6. The van der Waals surface area contributed by atoms with Crippen molar-refractivity contribution in [2.45, 2.75) is 24.8 Å². The Morgan fingerprint density at radius 3 is 2.00 bits per heavy atom. The summed E-state index contributed by atoms with van der Waals surface area (Å²) in [6.45, 7) is 0. The molecule has 0 saturated carbocycles. The molecule has 2 nitrogen and oxygen atoms in total. The Balaban J connectivity index is 0.00000400. The number of hydrogen-bond acceptors (Lipinski definition) is 2. The number of alkyl halides is 6. The first-order chi connectivity index (χ1) is 8.98. The van der Waals surface area contributed by atoms with Gasteiger partial charge in [-0.05, 0) is 12.1 Å². The van der Waals surface area contributed by atoms with Crippen LogP contribution in [-0.2, 0) is 12.4 Å². The fourth-order valence-electron chi connectivity index (χ4n) is 1.59. The second-order valence-electron chi connectivity index (χ2n) is 3.88. The minimum Gasteiger partial charge on any atom is -0.323 e. The van der Waals surface area contributed by atoms with Gasteiger partial charge in [0.1, 0.15) is 5.82 Å². The van der Waals surface area contributed by atoms with E-state index < -0.39 is 47.3 Å². The summed E-state index contributed by atoms with van der Waals surface area (Å²) >= 11 is 0. The van der Waals surface area contributed by atoms with Crippen LogP contribution in [0.25, 0.3) is 0 Å². The normalized spacial score (nSPS) is 13.3. The summed E-state index contributed by atoms with van der Waals surface area (Å²) in [7, 11) is 0. The maximum absolute atomic E-state index is 13.6. The van der Waals surface area contributed by atoms with Gasteiger partial charge in [0.05, 0.1) is 23.6 Å². The molecule has 0 fully saturated rings. The molecular weight excluding hydrogens is 329 g/mol. The van der Waals surface area contributed by atoms with Crippen molar-refractivity contribution >= 4 is 12.4 Å². The maximum Gasteiger partial charge on any atom is 0.416 e.